The molecule has 0 aromatic carbocycles. The van der Waals surface area contributed by atoms with Gasteiger partial charge in [0.2, 0.25) is 0 Å². The van der Waals surface area contributed by atoms with Crippen molar-refractivity contribution in [2.24, 2.45) is 56.7 Å². The number of aliphatic hydroxyl groups excluding tert-OH is 1. The van der Waals surface area contributed by atoms with Crippen LogP contribution in [0.25, 0.3) is 0 Å². The normalized spacial score (nSPS) is 43.6. The average molecular weight is 626 g/mol. The first-order valence-electron chi connectivity index (χ1n) is 19.3. The number of carbonyl (C=O) groups excluding carboxylic acids is 1. The largest absolute Gasteiger partial charge is 0.461 e. The molecular formula is C41H71NO3. The highest BCUT2D eigenvalue weighted by atomic mass is 16.5. The third kappa shape index (κ3) is 5.91. The van der Waals surface area contributed by atoms with Crippen LogP contribution in [0, 0.1) is 56.7 Å². The van der Waals surface area contributed by atoms with Gasteiger partial charge in [-0.25, -0.2) is 0 Å². The van der Waals surface area contributed by atoms with Crippen LogP contribution in [-0.4, -0.2) is 48.8 Å². The molecule has 0 amide bonds. The summed E-state index contributed by atoms with van der Waals surface area (Å²) < 4.78 is 6.39. The van der Waals surface area contributed by atoms with Crippen molar-refractivity contribution < 1.29 is 14.6 Å². The number of ether oxygens (including phenoxy) is 1. The van der Waals surface area contributed by atoms with E-state index < -0.39 is 0 Å². The van der Waals surface area contributed by atoms with Crippen LogP contribution in [0.1, 0.15) is 151 Å². The number of nitrogens with zero attached hydrogens (tertiary/aromatic N) is 1. The number of esters is 1. The molecule has 4 heteroatoms. The summed E-state index contributed by atoms with van der Waals surface area (Å²) in [6.45, 7) is 23.6. The minimum absolute atomic E-state index is 0.0106. The minimum Gasteiger partial charge on any atom is -0.461 e. The summed E-state index contributed by atoms with van der Waals surface area (Å²) >= 11 is 0. The Labute approximate surface area is 277 Å². The lowest BCUT2D eigenvalue weighted by atomic mass is 9.32. The maximum absolute atomic E-state index is 13.2. The van der Waals surface area contributed by atoms with E-state index in [2.05, 4.69) is 67.0 Å². The summed E-state index contributed by atoms with van der Waals surface area (Å²) in [4.78, 5) is 15.4. The summed E-state index contributed by atoms with van der Waals surface area (Å²) in [7, 11) is 2.08. The number of hydrogen-bond donors (Lipinski definition) is 1. The van der Waals surface area contributed by atoms with Gasteiger partial charge in [-0.1, -0.05) is 85.8 Å². The van der Waals surface area contributed by atoms with Crippen LogP contribution in [0.15, 0.2) is 12.2 Å². The fourth-order valence-corrected chi connectivity index (χ4v) is 13.4. The SMILES string of the molecule is C=C(C)[C@@H]1CC[C@]2(CO)CC[C@]3(C)C(CCC4[C@@]5(C)CC[C@H](OC(=O)CN(C)CCCCCCCC)C(C)(C)C5CC[C@]43C)C12. The van der Waals surface area contributed by atoms with Crippen molar-refractivity contribution in [2.75, 3.05) is 26.7 Å². The van der Waals surface area contributed by atoms with Gasteiger partial charge in [0.1, 0.15) is 6.10 Å². The van der Waals surface area contributed by atoms with E-state index >= 15 is 0 Å². The van der Waals surface area contributed by atoms with E-state index in [0.29, 0.717) is 53.6 Å². The first-order valence-corrected chi connectivity index (χ1v) is 19.3. The molecule has 1 N–H and O–H groups in total. The standard InChI is InChI=1S/C41H71NO3/c1-10-11-12-13-14-15-26-42(9)27-35(44)45-34-20-21-38(6)32(37(34,4)5)19-22-40(8)33(38)17-16-31-36-30(29(2)3)18-23-41(36,28-43)25-24-39(31,40)7/h30-34,36,43H,2,10-28H2,1,3-9H3/t30-,31?,32?,33?,34-,36?,38-,39+,40+,41+/m0/s1. The third-order valence-electron chi connectivity index (χ3n) is 16.1. The monoisotopic (exact) mass is 626 g/mol. The highest BCUT2D eigenvalue weighted by Gasteiger charge is 2.71. The van der Waals surface area contributed by atoms with Gasteiger partial charge in [0.25, 0.3) is 0 Å². The van der Waals surface area contributed by atoms with E-state index in [1.54, 1.807) is 0 Å². The molecule has 0 aromatic rings. The predicted octanol–water partition coefficient (Wildman–Crippen LogP) is 9.84. The van der Waals surface area contributed by atoms with Crippen molar-refractivity contribution in [2.45, 2.75) is 157 Å². The lowest BCUT2D eigenvalue weighted by Crippen LogP contribution is -2.67. The molecule has 4 unspecified atom stereocenters. The van der Waals surface area contributed by atoms with Crippen LogP contribution >= 0.6 is 0 Å². The van der Waals surface area contributed by atoms with Crippen molar-refractivity contribution in [3.05, 3.63) is 12.2 Å². The fourth-order valence-electron chi connectivity index (χ4n) is 13.4. The topological polar surface area (TPSA) is 49.8 Å². The summed E-state index contributed by atoms with van der Waals surface area (Å²) in [6, 6.07) is 0. The van der Waals surface area contributed by atoms with Gasteiger partial charge in [-0.3, -0.25) is 9.69 Å². The number of unbranched alkanes of at least 4 members (excludes halogenated alkanes) is 5. The van der Waals surface area contributed by atoms with Gasteiger partial charge in [0.15, 0.2) is 0 Å². The van der Waals surface area contributed by atoms with Gasteiger partial charge < -0.3 is 9.84 Å². The molecule has 10 atom stereocenters. The molecule has 0 saturated heterocycles. The van der Waals surface area contributed by atoms with Crippen LogP contribution in [-0.2, 0) is 9.53 Å². The Balaban J connectivity index is 1.27. The molecule has 0 spiro atoms. The minimum atomic E-state index is -0.0305. The predicted molar refractivity (Wildman–Crippen MR) is 187 cm³/mol. The van der Waals surface area contributed by atoms with Crippen molar-refractivity contribution in [3.8, 4) is 0 Å². The molecule has 5 aliphatic rings. The molecule has 4 nitrogen and oxygen atoms in total. The number of hydrogen-bond acceptors (Lipinski definition) is 4. The smallest absolute Gasteiger partial charge is 0.320 e. The number of rotatable bonds is 12. The molecule has 0 bridgehead atoms. The molecule has 0 radical (unpaired) electrons. The third-order valence-corrected chi connectivity index (χ3v) is 16.1. The molecular weight excluding hydrogens is 554 g/mol. The number of fused-ring (bicyclic) bond motifs is 7. The first-order chi connectivity index (χ1) is 21.2. The Bertz CT molecular complexity index is 1070. The summed E-state index contributed by atoms with van der Waals surface area (Å²) in [5.74, 6) is 3.09. The van der Waals surface area contributed by atoms with Crippen LogP contribution < -0.4 is 0 Å². The van der Waals surface area contributed by atoms with E-state index in [1.807, 2.05) is 0 Å². The molecule has 0 aliphatic heterocycles. The Kier molecular flexibility index (Phi) is 10.4. The van der Waals surface area contributed by atoms with E-state index in [0.717, 1.165) is 13.0 Å². The van der Waals surface area contributed by atoms with Gasteiger partial charge in [0, 0.05) is 12.0 Å². The summed E-state index contributed by atoms with van der Waals surface area (Å²) in [5, 5.41) is 10.8. The zero-order valence-corrected chi connectivity index (χ0v) is 30.8. The molecule has 258 valence electrons. The molecule has 45 heavy (non-hydrogen) atoms. The van der Waals surface area contributed by atoms with Crippen molar-refractivity contribution in [3.63, 3.8) is 0 Å². The lowest BCUT2D eigenvalue weighted by molar-refractivity contribution is -0.251. The average Bonchev–Trinajstić information content (AvgIpc) is 3.37. The number of carbonyl (C=O) groups is 1. The van der Waals surface area contributed by atoms with Crippen molar-refractivity contribution in [1.82, 2.24) is 4.90 Å². The van der Waals surface area contributed by atoms with Gasteiger partial charge in [-0.15, -0.1) is 0 Å². The van der Waals surface area contributed by atoms with Gasteiger partial charge in [-0.05, 0) is 142 Å². The second-order valence-electron chi connectivity index (χ2n) is 18.6. The Hall–Kier alpha value is -0.870. The highest BCUT2D eigenvalue weighted by molar-refractivity contribution is 5.72. The Morgan fingerprint density at radius 2 is 1.56 bits per heavy atom. The Morgan fingerprint density at radius 3 is 2.24 bits per heavy atom. The van der Waals surface area contributed by atoms with Crippen LogP contribution in [0.4, 0.5) is 0 Å². The molecule has 0 aromatic heterocycles. The summed E-state index contributed by atoms with van der Waals surface area (Å²) in [6.07, 6.45) is 19.8. The molecule has 5 aliphatic carbocycles. The molecule has 5 saturated carbocycles. The quantitative estimate of drug-likeness (QED) is 0.133. The van der Waals surface area contributed by atoms with Gasteiger partial charge in [0.05, 0.1) is 6.54 Å². The lowest BCUT2D eigenvalue weighted by Gasteiger charge is -2.73. The highest BCUT2D eigenvalue weighted by Crippen LogP contribution is 2.77. The van der Waals surface area contributed by atoms with E-state index in [4.69, 9.17) is 4.74 Å². The van der Waals surface area contributed by atoms with Crippen LogP contribution in [0.5, 0.6) is 0 Å². The number of allylic oxidation sites excluding steroid dienone is 1. The number of aliphatic hydroxyl groups is 1. The van der Waals surface area contributed by atoms with Gasteiger partial charge in [-0.2, -0.15) is 0 Å². The van der Waals surface area contributed by atoms with Crippen LogP contribution in [0.3, 0.4) is 0 Å². The molecule has 0 heterocycles. The molecule has 5 rings (SSSR count). The molecule has 5 fully saturated rings. The van der Waals surface area contributed by atoms with E-state index in [-0.39, 0.29) is 28.3 Å². The first kappa shape index (κ1) is 35.4. The maximum atomic E-state index is 13.2. The summed E-state index contributed by atoms with van der Waals surface area (Å²) in [5.41, 5.74) is 2.34. The van der Waals surface area contributed by atoms with Crippen molar-refractivity contribution >= 4 is 5.97 Å². The van der Waals surface area contributed by atoms with Crippen LogP contribution in [0.2, 0.25) is 0 Å². The second kappa shape index (κ2) is 13.2. The second-order valence-corrected chi connectivity index (χ2v) is 18.6. The van der Waals surface area contributed by atoms with Gasteiger partial charge >= 0.3 is 5.97 Å². The van der Waals surface area contributed by atoms with E-state index in [9.17, 15) is 9.90 Å². The number of likely N-dealkylation sites (N-methyl/N-ethyl adjacent to an activating group) is 1. The fraction of sp³-hybridized carbons (Fsp3) is 0.927. The Morgan fingerprint density at radius 1 is 0.844 bits per heavy atom. The maximum Gasteiger partial charge on any atom is 0.320 e. The van der Waals surface area contributed by atoms with E-state index in [1.165, 1.54) is 102 Å². The zero-order chi connectivity index (χ0) is 32.8. The zero-order valence-electron chi connectivity index (χ0n) is 30.8. The van der Waals surface area contributed by atoms with Crippen molar-refractivity contribution in [1.29, 1.82) is 0 Å².